The van der Waals surface area contributed by atoms with E-state index in [-0.39, 0.29) is 11.3 Å². The Balaban J connectivity index is 2.52. The zero-order valence-corrected chi connectivity index (χ0v) is 12.3. The van der Waals surface area contributed by atoms with Gasteiger partial charge in [-0.05, 0) is 40.2 Å². The molecule has 1 N–H and O–H groups in total. The molecule has 0 aliphatic carbocycles. The number of hydrogen-bond acceptors (Lipinski definition) is 4. The highest BCUT2D eigenvalue weighted by Crippen LogP contribution is 2.39. The highest BCUT2D eigenvalue weighted by Gasteiger charge is 2.24. The van der Waals surface area contributed by atoms with E-state index in [9.17, 15) is 14.9 Å². The average molecular weight is 354 g/mol. The van der Waals surface area contributed by atoms with E-state index in [1.165, 1.54) is 18.2 Å². The summed E-state index contributed by atoms with van der Waals surface area (Å²) in [6.45, 7) is 0. The molecule has 0 bridgehead atoms. The van der Waals surface area contributed by atoms with Crippen LogP contribution in [0, 0.1) is 10.1 Å². The summed E-state index contributed by atoms with van der Waals surface area (Å²) >= 11 is 4.50. The molecule has 0 atom stereocenters. The number of carboxylic acids is 1. The largest absolute Gasteiger partial charge is 0.477 e. The smallest absolute Gasteiger partial charge is 0.342 e. The van der Waals surface area contributed by atoms with Crippen molar-refractivity contribution in [2.75, 3.05) is 0 Å². The lowest BCUT2D eigenvalue weighted by Gasteiger charge is -2.06. The highest BCUT2D eigenvalue weighted by molar-refractivity contribution is 9.10. The van der Waals surface area contributed by atoms with E-state index in [4.69, 9.17) is 5.11 Å². The molecule has 0 spiro atoms. The van der Waals surface area contributed by atoms with Crippen LogP contribution >= 0.6 is 27.7 Å². The van der Waals surface area contributed by atoms with Crippen molar-refractivity contribution >= 4 is 39.3 Å². The van der Waals surface area contributed by atoms with Gasteiger partial charge in [-0.3, -0.25) is 10.1 Å². The molecule has 0 saturated carbocycles. The highest BCUT2D eigenvalue weighted by atomic mass is 79.9. The van der Waals surface area contributed by atoms with Crippen molar-refractivity contribution in [3.05, 3.63) is 62.6 Å². The third-order valence-corrected chi connectivity index (χ3v) is 4.55. The molecule has 2 rings (SSSR count). The molecule has 2 aromatic carbocycles. The summed E-state index contributed by atoms with van der Waals surface area (Å²) in [7, 11) is 0. The molecule has 102 valence electrons. The first kappa shape index (κ1) is 14.5. The van der Waals surface area contributed by atoms with Crippen LogP contribution in [-0.4, -0.2) is 16.0 Å². The molecular formula is C13H8BrNO4S. The number of nitro benzene ring substituents is 1. The van der Waals surface area contributed by atoms with E-state index < -0.39 is 10.9 Å². The topological polar surface area (TPSA) is 80.4 Å². The molecule has 0 aromatic heterocycles. The number of aromatic carboxylic acids is 1. The third-order valence-electron chi connectivity index (χ3n) is 2.47. The minimum atomic E-state index is -1.31. The second-order valence-electron chi connectivity index (χ2n) is 3.75. The molecule has 0 amide bonds. The van der Waals surface area contributed by atoms with Crippen LogP contribution in [0.2, 0.25) is 0 Å². The Bertz CT molecular complexity index is 690. The Hall–Kier alpha value is -1.86. The van der Waals surface area contributed by atoms with Crippen LogP contribution in [0.1, 0.15) is 10.4 Å². The number of para-hydroxylation sites is 1. The summed E-state index contributed by atoms with van der Waals surface area (Å²) in [5.41, 5.74) is -0.701. The first-order valence-corrected chi connectivity index (χ1v) is 7.04. The third kappa shape index (κ3) is 3.00. The molecule has 0 heterocycles. The van der Waals surface area contributed by atoms with Gasteiger partial charge >= 0.3 is 5.97 Å². The molecule has 0 radical (unpaired) electrons. The fourth-order valence-electron chi connectivity index (χ4n) is 1.61. The van der Waals surface area contributed by atoms with Gasteiger partial charge in [0.1, 0.15) is 5.56 Å². The summed E-state index contributed by atoms with van der Waals surface area (Å²) < 4.78 is 0.792. The number of halogens is 1. The Kier molecular flexibility index (Phi) is 4.41. The maximum absolute atomic E-state index is 11.1. The Morgan fingerprint density at radius 1 is 1.15 bits per heavy atom. The fourth-order valence-corrected chi connectivity index (χ4v) is 3.12. The first-order chi connectivity index (χ1) is 9.50. The number of carboxylic acid groups (broad SMARTS) is 1. The van der Waals surface area contributed by atoms with Gasteiger partial charge in [0.15, 0.2) is 0 Å². The Labute approximate surface area is 126 Å². The summed E-state index contributed by atoms with van der Waals surface area (Å²) in [6.07, 6.45) is 0. The lowest BCUT2D eigenvalue weighted by molar-refractivity contribution is -0.388. The van der Waals surface area contributed by atoms with Gasteiger partial charge in [0.25, 0.3) is 5.69 Å². The van der Waals surface area contributed by atoms with Gasteiger partial charge in [-0.2, -0.15) is 0 Å². The molecule has 2 aromatic rings. The van der Waals surface area contributed by atoms with Gasteiger partial charge < -0.3 is 5.11 Å². The molecule has 0 saturated heterocycles. The number of nitro groups is 1. The van der Waals surface area contributed by atoms with Crippen LogP contribution in [-0.2, 0) is 0 Å². The van der Waals surface area contributed by atoms with E-state index in [0.717, 1.165) is 21.1 Å². The van der Waals surface area contributed by atoms with Crippen molar-refractivity contribution in [3.63, 3.8) is 0 Å². The molecular weight excluding hydrogens is 346 g/mol. The van der Waals surface area contributed by atoms with Gasteiger partial charge in [-0.25, -0.2) is 4.79 Å². The van der Waals surface area contributed by atoms with Crippen LogP contribution < -0.4 is 0 Å². The van der Waals surface area contributed by atoms with Crippen molar-refractivity contribution < 1.29 is 14.8 Å². The first-order valence-electron chi connectivity index (χ1n) is 5.44. The van der Waals surface area contributed by atoms with Crippen LogP contribution in [0.3, 0.4) is 0 Å². The van der Waals surface area contributed by atoms with E-state index in [1.807, 2.05) is 12.1 Å². The molecule has 0 aliphatic heterocycles. The van der Waals surface area contributed by atoms with E-state index in [0.29, 0.717) is 4.90 Å². The summed E-state index contributed by atoms with van der Waals surface area (Å²) in [5, 5.41) is 20.2. The molecule has 5 nitrogen and oxygen atoms in total. The Morgan fingerprint density at radius 3 is 2.40 bits per heavy atom. The average Bonchev–Trinajstić information content (AvgIpc) is 2.40. The molecule has 20 heavy (non-hydrogen) atoms. The number of hydrogen-bond donors (Lipinski definition) is 1. The van der Waals surface area contributed by atoms with E-state index in [2.05, 4.69) is 15.9 Å². The monoisotopic (exact) mass is 353 g/mol. The van der Waals surface area contributed by atoms with Gasteiger partial charge in [0, 0.05) is 9.37 Å². The number of rotatable bonds is 4. The zero-order chi connectivity index (χ0) is 14.7. The lowest BCUT2D eigenvalue weighted by atomic mass is 10.2. The zero-order valence-electron chi connectivity index (χ0n) is 9.95. The maximum atomic E-state index is 11.1. The van der Waals surface area contributed by atoms with Gasteiger partial charge in [0.05, 0.1) is 9.82 Å². The predicted octanol–water partition coefficient (Wildman–Crippen LogP) is 4.21. The van der Waals surface area contributed by atoms with Crippen molar-refractivity contribution in [2.45, 2.75) is 9.79 Å². The molecule has 7 heteroatoms. The normalized spacial score (nSPS) is 10.2. The van der Waals surface area contributed by atoms with Gasteiger partial charge in [0.2, 0.25) is 0 Å². The second kappa shape index (κ2) is 6.06. The van der Waals surface area contributed by atoms with Crippen LogP contribution in [0.15, 0.2) is 56.7 Å². The van der Waals surface area contributed by atoms with Gasteiger partial charge in [-0.15, -0.1) is 0 Å². The van der Waals surface area contributed by atoms with Crippen LogP contribution in [0.4, 0.5) is 5.69 Å². The van der Waals surface area contributed by atoms with Crippen LogP contribution in [0.5, 0.6) is 0 Å². The summed E-state index contributed by atoms with van der Waals surface area (Å²) in [5.74, 6) is -1.31. The summed E-state index contributed by atoms with van der Waals surface area (Å²) in [6, 6.07) is 11.5. The number of carbonyl (C=O) groups is 1. The fraction of sp³-hybridized carbons (Fsp3) is 0. The number of benzene rings is 2. The van der Waals surface area contributed by atoms with Crippen molar-refractivity contribution in [1.82, 2.24) is 0 Å². The minimum Gasteiger partial charge on any atom is -0.477 e. The van der Waals surface area contributed by atoms with E-state index >= 15 is 0 Å². The quantitative estimate of drug-likeness (QED) is 0.657. The van der Waals surface area contributed by atoms with E-state index in [1.54, 1.807) is 12.1 Å². The Morgan fingerprint density at radius 2 is 1.80 bits per heavy atom. The van der Waals surface area contributed by atoms with Crippen molar-refractivity contribution in [1.29, 1.82) is 0 Å². The van der Waals surface area contributed by atoms with Gasteiger partial charge in [-0.1, -0.05) is 30.0 Å². The molecule has 0 unspecified atom stereocenters. The SMILES string of the molecule is O=C(O)c1cccc(Sc2ccccc2Br)c1[N+](=O)[O-]. The summed E-state index contributed by atoms with van der Waals surface area (Å²) in [4.78, 5) is 22.6. The minimum absolute atomic E-state index is 0.293. The second-order valence-corrected chi connectivity index (χ2v) is 5.69. The van der Waals surface area contributed by atoms with Crippen molar-refractivity contribution in [3.8, 4) is 0 Å². The molecule has 0 aliphatic rings. The lowest BCUT2D eigenvalue weighted by Crippen LogP contribution is -2.03. The standard InChI is InChI=1S/C13H8BrNO4S/c14-9-5-1-2-6-10(9)20-11-7-3-4-8(13(16)17)12(11)15(18)19/h1-7H,(H,16,17). The van der Waals surface area contributed by atoms with Crippen molar-refractivity contribution in [2.24, 2.45) is 0 Å². The number of nitrogens with zero attached hydrogens (tertiary/aromatic N) is 1. The predicted molar refractivity (Wildman–Crippen MR) is 78.3 cm³/mol. The maximum Gasteiger partial charge on any atom is 0.342 e. The van der Waals surface area contributed by atoms with Crippen LogP contribution in [0.25, 0.3) is 0 Å². The molecule has 0 fully saturated rings.